The van der Waals surface area contributed by atoms with Gasteiger partial charge in [-0.2, -0.15) is 10.2 Å². The largest absolute Gasteiger partial charge is 0.379 e. The van der Waals surface area contributed by atoms with Gasteiger partial charge in [0.25, 0.3) is 5.91 Å². The average Bonchev–Trinajstić information content (AvgIpc) is 3.41. The van der Waals surface area contributed by atoms with E-state index in [1.807, 2.05) is 29.1 Å². The quantitative estimate of drug-likeness (QED) is 0.662. The van der Waals surface area contributed by atoms with Gasteiger partial charge in [-0.1, -0.05) is 30.3 Å². The molecule has 0 radical (unpaired) electrons. The Morgan fingerprint density at radius 3 is 2.87 bits per heavy atom. The summed E-state index contributed by atoms with van der Waals surface area (Å²) < 4.78 is 7.33. The van der Waals surface area contributed by atoms with Gasteiger partial charge in [-0.15, -0.1) is 0 Å². The van der Waals surface area contributed by atoms with Gasteiger partial charge in [-0.05, 0) is 25.3 Å². The Labute approximate surface area is 181 Å². The molecular weight excluding hydrogens is 392 g/mol. The zero-order valence-corrected chi connectivity index (χ0v) is 17.8. The van der Waals surface area contributed by atoms with Crippen LogP contribution in [0.25, 0.3) is 0 Å². The topological polar surface area (TPSA) is 88.1 Å². The summed E-state index contributed by atoms with van der Waals surface area (Å²) in [6.07, 6.45) is 6.25. The number of H-pyrrole nitrogens is 1. The second-order valence-electron chi connectivity index (χ2n) is 8.67. The Morgan fingerprint density at radius 1 is 1.26 bits per heavy atom. The van der Waals surface area contributed by atoms with Gasteiger partial charge in [0.15, 0.2) is 5.69 Å². The van der Waals surface area contributed by atoms with E-state index in [2.05, 4.69) is 44.6 Å². The molecule has 2 N–H and O–H groups in total. The van der Waals surface area contributed by atoms with Crippen molar-refractivity contribution < 1.29 is 9.53 Å². The van der Waals surface area contributed by atoms with Crippen molar-refractivity contribution in [2.45, 2.75) is 38.3 Å². The van der Waals surface area contributed by atoms with Crippen molar-refractivity contribution in [2.75, 3.05) is 31.6 Å². The molecule has 162 valence electrons. The number of carbonyl (C=O) groups excluding carboxylic acids is 1. The number of ether oxygens (including phenoxy) is 1. The maximum absolute atomic E-state index is 12.9. The lowest BCUT2D eigenvalue weighted by Gasteiger charge is -2.45. The molecule has 0 saturated carbocycles. The molecule has 2 aromatic heterocycles. The second-order valence-corrected chi connectivity index (χ2v) is 8.67. The molecule has 1 aliphatic carbocycles. The molecule has 1 saturated heterocycles. The van der Waals surface area contributed by atoms with Gasteiger partial charge in [0.2, 0.25) is 0 Å². The van der Waals surface area contributed by atoms with E-state index in [0.717, 1.165) is 62.4 Å². The number of amides is 1. The summed E-state index contributed by atoms with van der Waals surface area (Å²) in [5.41, 5.74) is 4.52. The Balaban J connectivity index is 1.26. The fraction of sp³-hybridized carbons (Fsp3) is 0.435. The van der Waals surface area contributed by atoms with Crippen molar-refractivity contribution in [3.63, 3.8) is 0 Å². The first-order valence-corrected chi connectivity index (χ1v) is 10.9. The Morgan fingerprint density at radius 2 is 2.06 bits per heavy atom. The van der Waals surface area contributed by atoms with Gasteiger partial charge < -0.3 is 10.1 Å². The van der Waals surface area contributed by atoms with Crippen molar-refractivity contribution in [2.24, 2.45) is 0 Å². The molecule has 0 bridgehead atoms. The van der Waals surface area contributed by atoms with Crippen LogP contribution in [0.2, 0.25) is 0 Å². The molecular formula is C23H28N6O2. The molecule has 8 heteroatoms. The predicted molar refractivity (Wildman–Crippen MR) is 117 cm³/mol. The molecule has 2 aliphatic rings. The molecule has 8 nitrogen and oxygen atoms in total. The minimum Gasteiger partial charge on any atom is -0.379 e. The highest BCUT2D eigenvalue weighted by Crippen LogP contribution is 2.34. The summed E-state index contributed by atoms with van der Waals surface area (Å²) in [6.45, 7) is 6.46. The average molecular weight is 421 g/mol. The van der Waals surface area contributed by atoms with E-state index in [1.54, 1.807) is 6.20 Å². The Kier molecular flexibility index (Phi) is 5.33. The maximum atomic E-state index is 12.9. The first-order chi connectivity index (χ1) is 15.1. The second kappa shape index (κ2) is 8.28. The van der Waals surface area contributed by atoms with Gasteiger partial charge in [-0.3, -0.25) is 19.5 Å². The lowest BCUT2D eigenvalue weighted by molar-refractivity contribution is -0.0215. The minimum atomic E-state index is -0.188. The summed E-state index contributed by atoms with van der Waals surface area (Å²) in [5, 5.41) is 14.8. The first kappa shape index (κ1) is 20.0. The van der Waals surface area contributed by atoms with Crippen LogP contribution in [0, 0.1) is 0 Å². The van der Waals surface area contributed by atoms with Crippen molar-refractivity contribution in [1.29, 1.82) is 0 Å². The van der Waals surface area contributed by atoms with Crippen LogP contribution in [-0.4, -0.2) is 62.6 Å². The number of nitrogens with one attached hydrogen (secondary N) is 2. The zero-order chi connectivity index (χ0) is 21.3. The molecule has 3 heterocycles. The normalized spacial score (nSPS) is 21.6. The van der Waals surface area contributed by atoms with Crippen LogP contribution in [-0.2, 0) is 24.1 Å². The Hall–Kier alpha value is -2.97. The molecule has 31 heavy (non-hydrogen) atoms. The third-order valence-electron chi connectivity index (χ3n) is 6.49. The van der Waals surface area contributed by atoms with Gasteiger partial charge in [-0.25, -0.2) is 0 Å². The molecule has 5 rings (SSSR count). The highest BCUT2D eigenvalue weighted by atomic mass is 16.5. The van der Waals surface area contributed by atoms with E-state index in [1.165, 1.54) is 0 Å². The summed E-state index contributed by atoms with van der Waals surface area (Å²) in [4.78, 5) is 15.4. The number of benzene rings is 1. The Bertz CT molecular complexity index is 1050. The van der Waals surface area contributed by atoms with E-state index in [9.17, 15) is 4.79 Å². The van der Waals surface area contributed by atoms with Gasteiger partial charge in [0.05, 0.1) is 31.6 Å². The maximum Gasteiger partial charge on any atom is 0.276 e. The molecule has 1 aliphatic heterocycles. The summed E-state index contributed by atoms with van der Waals surface area (Å²) in [6, 6.07) is 10.1. The van der Waals surface area contributed by atoms with E-state index in [-0.39, 0.29) is 11.4 Å². The van der Waals surface area contributed by atoms with Gasteiger partial charge in [0.1, 0.15) is 0 Å². The van der Waals surface area contributed by atoms with Crippen LogP contribution >= 0.6 is 0 Å². The fourth-order valence-corrected chi connectivity index (χ4v) is 4.72. The number of carbonyl (C=O) groups is 1. The molecule has 1 unspecified atom stereocenters. The number of hydrogen-bond acceptors (Lipinski definition) is 5. The van der Waals surface area contributed by atoms with Crippen LogP contribution in [0.3, 0.4) is 0 Å². The number of morpholine rings is 1. The predicted octanol–water partition coefficient (Wildman–Crippen LogP) is 2.49. The van der Waals surface area contributed by atoms with Crippen molar-refractivity contribution in [3.05, 3.63) is 65.2 Å². The standard InChI is InChI=1S/C23H28N6O2/c1-23(28-9-11-31-12-10-28)8-7-19-20(13-23)26-27-21(19)22(30)25-18-14-24-29(16-18)15-17-5-3-2-4-6-17/h2-6,14,16H,7-13,15H2,1H3,(H,25,30)(H,26,27). The van der Waals surface area contributed by atoms with Crippen LogP contribution in [0.5, 0.6) is 0 Å². The number of anilines is 1. The fourth-order valence-electron chi connectivity index (χ4n) is 4.72. The van der Waals surface area contributed by atoms with Crippen LogP contribution < -0.4 is 5.32 Å². The van der Waals surface area contributed by atoms with Crippen LogP contribution in [0.4, 0.5) is 5.69 Å². The molecule has 3 aromatic rings. The van der Waals surface area contributed by atoms with Crippen molar-refractivity contribution in [3.8, 4) is 0 Å². The third-order valence-corrected chi connectivity index (χ3v) is 6.49. The number of fused-ring (bicyclic) bond motifs is 1. The lowest BCUT2D eigenvalue weighted by Crippen LogP contribution is -2.54. The van der Waals surface area contributed by atoms with E-state index in [0.29, 0.717) is 17.9 Å². The summed E-state index contributed by atoms with van der Waals surface area (Å²) in [7, 11) is 0. The lowest BCUT2D eigenvalue weighted by atomic mass is 9.80. The molecule has 0 spiro atoms. The van der Waals surface area contributed by atoms with Crippen LogP contribution in [0.1, 0.15) is 40.7 Å². The first-order valence-electron chi connectivity index (χ1n) is 10.9. The van der Waals surface area contributed by atoms with E-state index < -0.39 is 0 Å². The highest BCUT2D eigenvalue weighted by molar-refractivity contribution is 6.03. The van der Waals surface area contributed by atoms with Crippen LogP contribution in [0.15, 0.2) is 42.7 Å². The number of nitrogens with zero attached hydrogens (tertiary/aromatic N) is 4. The van der Waals surface area contributed by atoms with E-state index in [4.69, 9.17) is 4.74 Å². The summed E-state index contributed by atoms with van der Waals surface area (Å²) >= 11 is 0. The van der Waals surface area contributed by atoms with Crippen molar-refractivity contribution in [1.82, 2.24) is 24.9 Å². The highest BCUT2D eigenvalue weighted by Gasteiger charge is 2.38. The molecule has 1 atom stereocenters. The van der Waals surface area contributed by atoms with E-state index >= 15 is 0 Å². The smallest absolute Gasteiger partial charge is 0.276 e. The monoisotopic (exact) mass is 420 g/mol. The SMILES string of the molecule is CC1(N2CCOCC2)CCc2c(C(=O)Nc3cnn(Cc4ccccc4)c3)n[nH]c2C1. The number of aromatic amines is 1. The number of hydrogen-bond donors (Lipinski definition) is 2. The van der Waals surface area contributed by atoms with Crippen molar-refractivity contribution >= 4 is 11.6 Å². The van der Waals surface area contributed by atoms with Gasteiger partial charge in [0, 0.05) is 42.5 Å². The zero-order valence-electron chi connectivity index (χ0n) is 17.8. The third kappa shape index (κ3) is 4.13. The van der Waals surface area contributed by atoms with Gasteiger partial charge >= 0.3 is 0 Å². The number of rotatable bonds is 5. The molecule has 1 fully saturated rings. The molecule has 1 aromatic carbocycles. The molecule has 1 amide bonds. The number of aromatic nitrogens is 4. The summed E-state index contributed by atoms with van der Waals surface area (Å²) in [5.74, 6) is -0.188. The minimum absolute atomic E-state index is 0.0790.